The summed E-state index contributed by atoms with van der Waals surface area (Å²) in [7, 11) is 6.18. The van der Waals surface area contributed by atoms with Gasteiger partial charge in [0.2, 0.25) is 45.8 Å². The van der Waals surface area contributed by atoms with Crippen molar-refractivity contribution in [3.05, 3.63) is 11.8 Å². The van der Waals surface area contributed by atoms with Crippen molar-refractivity contribution in [3.63, 3.8) is 0 Å². The summed E-state index contributed by atoms with van der Waals surface area (Å²) in [5.41, 5.74) is 2.20. The average molecular weight is 779 g/mol. The van der Waals surface area contributed by atoms with Crippen LogP contribution in [0.5, 0.6) is 0 Å². The van der Waals surface area contributed by atoms with Crippen LogP contribution in [0.2, 0.25) is 20.5 Å². The highest BCUT2D eigenvalue weighted by molar-refractivity contribution is 6.92. The van der Waals surface area contributed by atoms with Gasteiger partial charge in [0.05, 0.1) is 12.5 Å². The zero-order valence-electron chi connectivity index (χ0n) is 30.1. The number of nitrogens with zero attached hydrogens (tertiary/aromatic N) is 5. The van der Waals surface area contributed by atoms with Crippen molar-refractivity contribution >= 4 is 75.5 Å². The Labute approximate surface area is 322 Å². The van der Waals surface area contributed by atoms with Gasteiger partial charge in [-0.3, -0.25) is 24.6 Å². The number of amides is 2. The summed E-state index contributed by atoms with van der Waals surface area (Å²) in [4.78, 5) is 49.2. The molecule has 20 heteroatoms. The molecule has 6 atom stereocenters. The fourth-order valence-corrected chi connectivity index (χ4v) is 5.30. The standard InChI is InChI=1S/C10H18BN2O2.C9H15BN3O.C7H15BN3O.C2H4O2.3CH4.3H3P/c1-8(14)6-12-10(15)9-4-3-5-13(7-9)11-2;1-7-11-12-9(14-7)8-4-3-5-13(6-8)10-2;1-8-11-4-2-3-6(5-11)7(12)10-9;1-2(3)4;;;;;;/h9H,3-7H2,1-2H3,(H,12,15);8H,3-6H2,1-2H3;6H,2-5,9H2,1H3,(H,10,12);1H3,(H,3,4);3*1H4;3*1H3. The molecule has 0 aliphatic carbocycles. The van der Waals surface area contributed by atoms with Gasteiger partial charge in [0.25, 0.3) is 5.97 Å². The number of nitrogens with two attached hydrogens (primary N) is 1. The fourth-order valence-electron chi connectivity index (χ4n) is 5.30. The number of piperidine rings is 3. The molecule has 3 aliphatic heterocycles. The number of aliphatic carboxylic acids is 1. The molecular weight excluding hydrogens is 706 g/mol. The highest BCUT2D eigenvalue weighted by Gasteiger charge is 2.26. The number of carboxylic acid groups (broad SMARTS) is 1. The summed E-state index contributed by atoms with van der Waals surface area (Å²) >= 11 is 0. The zero-order valence-corrected chi connectivity index (χ0v) is 34.3. The molecule has 2 amide bonds. The van der Waals surface area contributed by atoms with Crippen LogP contribution < -0.4 is 16.6 Å². The molecule has 4 heterocycles. The second-order valence-corrected chi connectivity index (χ2v) is 11.4. The largest absolute Gasteiger partial charge is 0.481 e. The number of hydrazine groups is 1. The van der Waals surface area contributed by atoms with E-state index in [0.717, 1.165) is 84.2 Å². The van der Waals surface area contributed by atoms with Gasteiger partial charge in [-0.2, -0.15) is 29.7 Å². The number of hydrogen-bond donors (Lipinski definition) is 4. The van der Waals surface area contributed by atoms with Gasteiger partial charge in [-0.25, -0.2) is 5.84 Å². The van der Waals surface area contributed by atoms with Crippen LogP contribution in [0.4, 0.5) is 0 Å². The number of Topliss-reactive ketones (excluding diaryl/α,β-unsaturated/α-hetero) is 1. The van der Waals surface area contributed by atoms with E-state index in [9.17, 15) is 14.4 Å². The topological polar surface area (TPSA) is 187 Å². The summed E-state index contributed by atoms with van der Waals surface area (Å²) in [5, 5.41) is 18.0. The number of nitrogens with one attached hydrogen (secondary N) is 2. The van der Waals surface area contributed by atoms with Crippen LogP contribution in [0, 0.1) is 18.8 Å². The van der Waals surface area contributed by atoms with E-state index in [2.05, 4.69) is 49.6 Å². The van der Waals surface area contributed by atoms with Gasteiger partial charge in [-0.1, -0.05) is 42.7 Å². The molecule has 6 unspecified atom stereocenters. The molecule has 51 heavy (non-hydrogen) atoms. The maximum atomic E-state index is 11.7. The number of hydrogen-bond acceptors (Lipinski definition) is 11. The van der Waals surface area contributed by atoms with Crippen molar-refractivity contribution in [3.8, 4) is 0 Å². The van der Waals surface area contributed by atoms with Crippen molar-refractivity contribution in [1.29, 1.82) is 0 Å². The lowest BCUT2D eigenvalue weighted by Gasteiger charge is -2.30. The molecule has 0 saturated carbocycles. The van der Waals surface area contributed by atoms with Gasteiger partial charge in [-0.05, 0) is 84.7 Å². The Morgan fingerprint density at radius 2 is 1.20 bits per heavy atom. The molecular formula is C31H73B3N8O6P3. The molecule has 4 rings (SSSR count). The number of rotatable bonds is 8. The van der Waals surface area contributed by atoms with Gasteiger partial charge in [0, 0.05) is 25.7 Å². The van der Waals surface area contributed by atoms with Gasteiger partial charge >= 0.3 is 0 Å². The van der Waals surface area contributed by atoms with Crippen LogP contribution in [0.25, 0.3) is 0 Å². The SMILES string of the molecule is C.C.C.CC(=O)O.C[B]N1CCCC(C(=O)NCC(C)=O)C1.C[B]N1CCCC(C(=O)NN)C1.C[B]N1CCCC(c2nnc(C)o2)C1.P.P.P. The lowest BCUT2D eigenvalue weighted by molar-refractivity contribution is -0.134. The van der Waals surface area contributed by atoms with Crippen LogP contribution in [-0.4, -0.2) is 121 Å². The van der Waals surface area contributed by atoms with Gasteiger partial charge < -0.3 is 29.3 Å². The minimum atomic E-state index is -0.833. The van der Waals surface area contributed by atoms with Crippen molar-refractivity contribution in [2.75, 3.05) is 45.8 Å². The Bertz CT molecular complexity index is 1050. The molecule has 1 aromatic heterocycles. The Morgan fingerprint density at radius 1 is 0.784 bits per heavy atom. The number of aryl methyl sites for hydroxylation is 1. The summed E-state index contributed by atoms with van der Waals surface area (Å²) in [6.07, 6.45) is 6.36. The fraction of sp³-hybridized carbons (Fsp3) is 0.806. The van der Waals surface area contributed by atoms with Gasteiger partial charge in [0.1, 0.15) is 5.78 Å². The van der Waals surface area contributed by atoms with E-state index < -0.39 is 5.97 Å². The first-order chi connectivity index (χ1) is 21.4. The second-order valence-electron chi connectivity index (χ2n) is 11.4. The number of carboxylic acids is 1. The van der Waals surface area contributed by atoms with Crippen molar-refractivity contribution in [1.82, 2.24) is 35.4 Å². The predicted octanol–water partition coefficient (Wildman–Crippen LogP) is 2.82. The molecule has 1 aromatic rings. The maximum absolute atomic E-state index is 11.7. The summed E-state index contributed by atoms with van der Waals surface area (Å²) in [6.45, 7) is 16.4. The van der Waals surface area contributed by atoms with Gasteiger partial charge in [-0.15, -0.1) is 10.2 Å². The number of aromatic nitrogens is 2. The predicted molar refractivity (Wildman–Crippen MR) is 229 cm³/mol. The maximum Gasteiger partial charge on any atom is 0.300 e. The van der Waals surface area contributed by atoms with E-state index in [1.807, 2.05) is 35.4 Å². The van der Waals surface area contributed by atoms with Crippen LogP contribution in [0.1, 0.15) is 92.4 Å². The van der Waals surface area contributed by atoms with E-state index in [1.54, 1.807) is 0 Å². The smallest absolute Gasteiger partial charge is 0.300 e. The Morgan fingerprint density at radius 3 is 1.57 bits per heavy atom. The first-order valence-corrected chi connectivity index (χ1v) is 15.8. The molecule has 0 bridgehead atoms. The lowest BCUT2D eigenvalue weighted by Crippen LogP contribution is -2.45. The minimum Gasteiger partial charge on any atom is -0.481 e. The summed E-state index contributed by atoms with van der Waals surface area (Å²) in [5.74, 6) is 6.19. The third-order valence-corrected chi connectivity index (χ3v) is 7.74. The number of carbonyl (C=O) groups is 4. The molecule has 3 aliphatic rings. The van der Waals surface area contributed by atoms with Crippen LogP contribution in [-0.2, 0) is 19.2 Å². The minimum absolute atomic E-state index is 0. The Kier molecular flexibility index (Phi) is 42.9. The molecule has 3 fully saturated rings. The highest BCUT2D eigenvalue weighted by atomic mass is 31.0. The molecule has 3 saturated heterocycles. The summed E-state index contributed by atoms with van der Waals surface area (Å²) in [6, 6.07) is 0. The van der Waals surface area contributed by atoms with E-state index >= 15 is 0 Å². The number of carbonyl (C=O) groups excluding carboxylic acids is 3. The van der Waals surface area contributed by atoms with E-state index in [1.165, 1.54) is 13.3 Å². The van der Waals surface area contributed by atoms with E-state index in [-0.39, 0.29) is 88.0 Å². The van der Waals surface area contributed by atoms with Crippen molar-refractivity contribution in [2.24, 2.45) is 17.7 Å². The Balaban J connectivity index is -0.000000134. The van der Waals surface area contributed by atoms with Crippen LogP contribution >= 0.6 is 29.7 Å². The molecule has 14 nitrogen and oxygen atoms in total. The Hall–Kier alpha value is -1.46. The monoisotopic (exact) mass is 780 g/mol. The first kappa shape index (κ1) is 61.6. The first-order valence-electron chi connectivity index (χ1n) is 15.8. The molecule has 297 valence electrons. The molecule has 5 N–H and O–H groups in total. The molecule has 3 radical (unpaired) electrons. The second kappa shape index (κ2) is 35.6. The zero-order chi connectivity index (χ0) is 33.8. The normalized spacial score (nSPS) is 19.4. The van der Waals surface area contributed by atoms with E-state index in [4.69, 9.17) is 20.2 Å². The summed E-state index contributed by atoms with van der Waals surface area (Å²) < 4.78 is 5.45. The quantitative estimate of drug-likeness (QED) is 0.0996. The highest BCUT2D eigenvalue weighted by Crippen LogP contribution is 2.25. The molecule has 0 aromatic carbocycles. The average Bonchev–Trinajstić information content (AvgIpc) is 3.49. The van der Waals surface area contributed by atoms with Crippen molar-refractivity contribution in [2.45, 2.75) is 108 Å². The third-order valence-electron chi connectivity index (χ3n) is 7.74. The van der Waals surface area contributed by atoms with Gasteiger partial charge in [0.15, 0.2) is 0 Å². The third kappa shape index (κ3) is 26.9. The molecule has 0 spiro atoms. The number of ketones is 1. The van der Waals surface area contributed by atoms with Crippen molar-refractivity contribution < 1.29 is 28.7 Å². The van der Waals surface area contributed by atoms with E-state index in [0.29, 0.717) is 11.8 Å². The lowest BCUT2D eigenvalue weighted by atomic mass is 9.87. The van der Waals surface area contributed by atoms with Crippen LogP contribution in [0.15, 0.2) is 4.42 Å². The van der Waals surface area contributed by atoms with Crippen LogP contribution in [0.3, 0.4) is 0 Å².